The van der Waals surface area contributed by atoms with Crippen LogP contribution in [-0.2, 0) is 17.8 Å². The van der Waals surface area contributed by atoms with Gasteiger partial charge in [0.15, 0.2) is 0 Å². The van der Waals surface area contributed by atoms with E-state index >= 15 is 0 Å². The molecule has 6 heteroatoms. The zero-order valence-corrected chi connectivity index (χ0v) is 13.6. The molecule has 24 heavy (non-hydrogen) atoms. The van der Waals surface area contributed by atoms with E-state index in [1.807, 2.05) is 17.5 Å². The minimum atomic E-state index is -0.240. The van der Waals surface area contributed by atoms with Crippen LogP contribution in [0.25, 0.3) is 0 Å². The third-order valence-corrected chi connectivity index (χ3v) is 4.26. The Kier molecular flexibility index (Phi) is 5.18. The average Bonchev–Trinajstić information content (AvgIpc) is 3.08. The van der Waals surface area contributed by atoms with E-state index in [4.69, 9.17) is 0 Å². The Morgan fingerprint density at radius 3 is 2.71 bits per heavy atom. The molecule has 0 radical (unpaired) electrons. The van der Waals surface area contributed by atoms with Crippen molar-refractivity contribution < 1.29 is 9.18 Å². The molecule has 3 aromatic rings. The van der Waals surface area contributed by atoms with Crippen molar-refractivity contribution in [1.29, 1.82) is 0 Å². The molecule has 122 valence electrons. The maximum atomic E-state index is 13.6. The van der Waals surface area contributed by atoms with E-state index in [1.54, 1.807) is 47.9 Å². The number of pyridine rings is 1. The highest BCUT2D eigenvalue weighted by Gasteiger charge is 2.06. The quantitative estimate of drug-likeness (QED) is 0.710. The van der Waals surface area contributed by atoms with E-state index in [2.05, 4.69) is 15.6 Å². The van der Waals surface area contributed by atoms with Gasteiger partial charge >= 0.3 is 0 Å². The van der Waals surface area contributed by atoms with Crippen molar-refractivity contribution in [3.8, 4) is 0 Å². The zero-order chi connectivity index (χ0) is 16.8. The lowest BCUT2D eigenvalue weighted by Gasteiger charge is -2.08. The highest BCUT2D eigenvalue weighted by molar-refractivity contribution is 7.10. The standard InChI is InChI=1S/C18H16FN3OS/c19-16-6-2-1-4-13(16)11-20-14-7-8-17(21-12-14)22-18(23)10-15-5-3-9-24-15/h1-9,12,20H,10-11H2,(H,21,22,23). The van der Waals surface area contributed by atoms with Gasteiger partial charge in [-0.1, -0.05) is 24.3 Å². The van der Waals surface area contributed by atoms with E-state index in [1.165, 1.54) is 6.07 Å². The number of amides is 1. The van der Waals surface area contributed by atoms with Gasteiger partial charge in [0.1, 0.15) is 11.6 Å². The summed E-state index contributed by atoms with van der Waals surface area (Å²) in [7, 11) is 0. The Morgan fingerprint density at radius 1 is 1.12 bits per heavy atom. The molecule has 3 rings (SSSR count). The highest BCUT2D eigenvalue weighted by Crippen LogP contribution is 2.14. The molecule has 0 saturated carbocycles. The SMILES string of the molecule is O=C(Cc1cccs1)Nc1ccc(NCc2ccccc2F)cn1. The highest BCUT2D eigenvalue weighted by atomic mass is 32.1. The van der Waals surface area contributed by atoms with Crippen LogP contribution in [0, 0.1) is 5.82 Å². The number of anilines is 2. The first-order valence-corrected chi connectivity index (χ1v) is 8.34. The maximum absolute atomic E-state index is 13.6. The van der Waals surface area contributed by atoms with Crippen molar-refractivity contribution in [1.82, 2.24) is 4.98 Å². The van der Waals surface area contributed by atoms with E-state index in [0.29, 0.717) is 24.3 Å². The van der Waals surface area contributed by atoms with Gasteiger partial charge in [-0.05, 0) is 29.6 Å². The van der Waals surface area contributed by atoms with Crippen LogP contribution in [0.5, 0.6) is 0 Å². The van der Waals surface area contributed by atoms with E-state index in [9.17, 15) is 9.18 Å². The van der Waals surface area contributed by atoms with Crippen LogP contribution >= 0.6 is 11.3 Å². The van der Waals surface area contributed by atoms with Crippen molar-refractivity contribution in [2.75, 3.05) is 10.6 Å². The number of hydrogen-bond acceptors (Lipinski definition) is 4. The maximum Gasteiger partial charge on any atom is 0.230 e. The number of thiophene rings is 1. The molecule has 2 N–H and O–H groups in total. The zero-order valence-electron chi connectivity index (χ0n) is 12.8. The molecular weight excluding hydrogens is 325 g/mol. The number of carbonyl (C=O) groups is 1. The molecule has 4 nitrogen and oxygen atoms in total. The molecule has 0 fully saturated rings. The molecule has 0 unspecified atom stereocenters. The van der Waals surface area contributed by atoms with Gasteiger partial charge in [-0.2, -0.15) is 0 Å². The topological polar surface area (TPSA) is 54.0 Å². The van der Waals surface area contributed by atoms with Gasteiger partial charge in [0.2, 0.25) is 5.91 Å². The Labute approximate surface area is 143 Å². The first-order chi connectivity index (χ1) is 11.7. The van der Waals surface area contributed by atoms with Gasteiger partial charge in [-0.25, -0.2) is 9.37 Å². The fourth-order valence-electron chi connectivity index (χ4n) is 2.17. The van der Waals surface area contributed by atoms with Gasteiger partial charge in [-0.3, -0.25) is 4.79 Å². The summed E-state index contributed by atoms with van der Waals surface area (Å²) < 4.78 is 13.6. The summed E-state index contributed by atoms with van der Waals surface area (Å²) in [6.45, 7) is 0.373. The van der Waals surface area contributed by atoms with Crippen LogP contribution < -0.4 is 10.6 Å². The number of nitrogens with zero attached hydrogens (tertiary/aromatic N) is 1. The number of rotatable bonds is 6. The molecule has 0 saturated heterocycles. The Hall–Kier alpha value is -2.73. The number of nitrogens with one attached hydrogen (secondary N) is 2. The molecule has 0 atom stereocenters. The van der Waals surface area contributed by atoms with Crippen molar-refractivity contribution >= 4 is 28.7 Å². The first-order valence-electron chi connectivity index (χ1n) is 7.46. The molecule has 1 amide bonds. The van der Waals surface area contributed by atoms with Crippen LogP contribution in [0.1, 0.15) is 10.4 Å². The second-order valence-electron chi connectivity index (χ2n) is 5.18. The van der Waals surface area contributed by atoms with Gasteiger partial charge in [-0.15, -0.1) is 11.3 Å². The second kappa shape index (κ2) is 7.70. The summed E-state index contributed by atoms with van der Waals surface area (Å²) in [5, 5.41) is 7.81. The number of hydrogen-bond donors (Lipinski definition) is 2. The molecule has 0 bridgehead atoms. The summed E-state index contributed by atoms with van der Waals surface area (Å²) in [4.78, 5) is 17.1. The number of aromatic nitrogens is 1. The summed E-state index contributed by atoms with van der Waals surface area (Å²) >= 11 is 1.55. The average molecular weight is 341 g/mol. The molecule has 0 spiro atoms. The van der Waals surface area contributed by atoms with Crippen molar-refractivity contribution in [2.45, 2.75) is 13.0 Å². The lowest BCUT2D eigenvalue weighted by Crippen LogP contribution is -2.14. The van der Waals surface area contributed by atoms with Crippen molar-refractivity contribution in [2.24, 2.45) is 0 Å². The Bertz CT molecular complexity index is 803. The van der Waals surface area contributed by atoms with Crippen molar-refractivity contribution in [3.05, 3.63) is 76.4 Å². The van der Waals surface area contributed by atoms with Crippen LogP contribution in [-0.4, -0.2) is 10.9 Å². The fraction of sp³-hybridized carbons (Fsp3) is 0.111. The molecule has 1 aromatic carbocycles. The predicted octanol–water partition coefficient (Wildman–Crippen LogP) is 4.08. The summed E-state index contributed by atoms with van der Waals surface area (Å²) in [5.74, 6) is 0.153. The van der Waals surface area contributed by atoms with Gasteiger partial charge in [0.05, 0.1) is 18.3 Å². The van der Waals surface area contributed by atoms with Crippen LogP contribution in [0.2, 0.25) is 0 Å². The normalized spacial score (nSPS) is 10.4. The van der Waals surface area contributed by atoms with Crippen LogP contribution in [0.4, 0.5) is 15.9 Å². The molecule has 0 aliphatic heterocycles. The lowest BCUT2D eigenvalue weighted by molar-refractivity contribution is -0.115. The largest absolute Gasteiger partial charge is 0.380 e. The monoisotopic (exact) mass is 341 g/mol. The summed E-state index contributed by atoms with van der Waals surface area (Å²) in [6, 6.07) is 14.0. The molecular formula is C18H16FN3OS. The van der Waals surface area contributed by atoms with Crippen molar-refractivity contribution in [3.63, 3.8) is 0 Å². The van der Waals surface area contributed by atoms with Crippen LogP contribution in [0.3, 0.4) is 0 Å². The minimum Gasteiger partial charge on any atom is -0.380 e. The molecule has 2 heterocycles. The fourth-order valence-corrected chi connectivity index (χ4v) is 2.87. The Balaban J connectivity index is 1.53. The first kappa shape index (κ1) is 16.1. The van der Waals surface area contributed by atoms with E-state index < -0.39 is 0 Å². The smallest absolute Gasteiger partial charge is 0.230 e. The number of carbonyl (C=O) groups excluding carboxylic acids is 1. The molecule has 0 aliphatic carbocycles. The summed E-state index contributed by atoms with van der Waals surface area (Å²) in [6.07, 6.45) is 1.95. The third kappa shape index (κ3) is 4.39. The number of halogens is 1. The summed E-state index contributed by atoms with van der Waals surface area (Å²) in [5.41, 5.74) is 1.35. The molecule has 0 aliphatic rings. The number of benzene rings is 1. The lowest BCUT2D eigenvalue weighted by atomic mass is 10.2. The van der Waals surface area contributed by atoms with E-state index in [0.717, 1.165) is 10.6 Å². The van der Waals surface area contributed by atoms with Gasteiger partial charge in [0, 0.05) is 17.0 Å². The van der Waals surface area contributed by atoms with Gasteiger partial charge < -0.3 is 10.6 Å². The van der Waals surface area contributed by atoms with Gasteiger partial charge in [0.25, 0.3) is 0 Å². The second-order valence-corrected chi connectivity index (χ2v) is 6.21. The Morgan fingerprint density at radius 2 is 2.00 bits per heavy atom. The molecule has 2 aromatic heterocycles. The minimum absolute atomic E-state index is 0.1000. The van der Waals surface area contributed by atoms with Crippen LogP contribution in [0.15, 0.2) is 60.1 Å². The van der Waals surface area contributed by atoms with E-state index in [-0.39, 0.29) is 11.7 Å². The third-order valence-electron chi connectivity index (χ3n) is 3.39. The predicted molar refractivity (Wildman–Crippen MR) is 94.6 cm³/mol.